The number of nitrogens with zero attached hydrogens (tertiary/aromatic N) is 2. The van der Waals surface area contributed by atoms with Gasteiger partial charge in [0, 0.05) is 30.3 Å². The van der Waals surface area contributed by atoms with E-state index in [9.17, 15) is 0 Å². The Bertz CT molecular complexity index is 995. The quantitative estimate of drug-likeness (QED) is 0.526. The van der Waals surface area contributed by atoms with Crippen molar-refractivity contribution in [1.82, 2.24) is 9.55 Å². The van der Waals surface area contributed by atoms with Gasteiger partial charge in [-0.15, -0.1) is 0 Å². The summed E-state index contributed by atoms with van der Waals surface area (Å²) >= 11 is 0. The third-order valence-corrected chi connectivity index (χ3v) is 4.24. The fraction of sp³-hybridized carbons (Fsp3) is 0.136. The van der Waals surface area contributed by atoms with Crippen LogP contribution in [-0.4, -0.2) is 27.9 Å². The molecular formula is C22H20N2O2. The molecule has 1 aromatic heterocycles. The lowest BCUT2D eigenvalue weighted by molar-refractivity contribution is 0.233. The molecule has 0 amide bonds. The van der Waals surface area contributed by atoms with Crippen molar-refractivity contribution in [3.05, 3.63) is 78.9 Å². The summed E-state index contributed by atoms with van der Waals surface area (Å²) in [5.74, 6) is 1.68. The lowest BCUT2D eigenvalue weighted by atomic mass is 10.2. The van der Waals surface area contributed by atoms with Crippen LogP contribution < -0.4 is 4.74 Å². The number of aromatic nitrogens is 2. The van der Waals surface area contributed by atoms with Crippen LogP contribution in [0.3, 0.4) is 0 Å². The van der Waals surface area contributed by atoms with E-state index in [4.69, 9.17) is 14.8 Å². The first kappa shape index (κ1) is 16.4. The van der Waals surface area contributed by atoms with Crippen molar-refractivity contribution < 1.29 is 9.84 Å². The average Bonchev–Trinajstić information content (AvgIpc) is 3.08. The first-order valence-electron chi connectivity index (χ1n) is 8.74. The first-order chi connectivity index (χ1) is 12.9. The molecule has 0 saturated carbocycles. The average molecular weight is 344 g/mol. The second-order valence-corrected chi connectivity index (χ2v) is 6.05. The number of aliphatic hydroxyl groups is 1. The summed E-state index contributed by atoms with van der Waals surface area (Å²) in [6.07, 6.45) is 0.616. The Morgan fingerprint density at radius 3 is 2.35 bits per heavy atom. The van der Waals surface area contributed by atoms with Gasteiger partial charge in [-0.2, -0.15) is 0 Å². The molecule has 0 unspecified atom stereocenters. The Hall–Kier alpha value is -3.11. The maximum absolute atomic E-state index is 8.94. The van der Waals surface area contributed by atoms with Gasteiger partial charge in [0.25, 0.3) is 0 Å². The van der Waals surface area contributed by atoms with Crippen molar-refractivity contribution in [2.24, 2.45) is 0 Å². The van der Waals surface area contributed by atoms with Gasteiger partial charge >= 0.3 is 0 Å². The van der Waals surface area contributed by atoms with Gasteiger partial charge in [0.2, 0.25) is 0 Å². The zero-order valence-electron chi connectivity index (χ0n) is 14.4. The first-order valence-corrected chi connectivity index (χ1v) is 8.74. The van der Waals surface area contributed by atoms with Gasteiger partial charge in [-0.1, -0.05) is 48.5 Å². The molecule has 0 bridgehead atoms. The number of hydrogen-bond donors (Lipinski definition) is 1. The van der Waals surface area contributed by atoms with Gasteiger partial charge in [-0.3, -0.25) is 4.57 Å². The molecule has 4 heteroatoms. The maximum Gasteiger partial charge on any atom is 0.145 e. The van der Waals surface area contributed by atoms with Crippen molar-refractivity contribution in [2.45, 2.75) is 6.42 Å². The third kappa shape index (κ3) is 3.19. The smallest absolute Gasteiger partial charge is 0.145 e. The fourth-order valence-corrected chi connectivity index (χ4v) is 3.02. The van der Waals surface area contributed by atoms with E-state index in [2.05, 4.69) is 28.8 Å². The number of imidazole rings is 1. The zero-order valence-corrected chi connectivity index (χ0v) is 14.4. The van der Waals surface area contributed by atoms with Crippen LogP contribution in [0.2, 0.25) is 0 Å². The van der Waals surface area contributed by atoms with Crippen molar-refractivity contribution >= 4 is 11.0 Å². The van der Waals surface area contributed by atoms with Crippen LogP contribution in [0.15, 0.2) is 78.9 Å². The molecule has 4 aromatic rings. The Kier molecular flexibility index (Phi) is 4.67. The third-order valence-electron chi connectivity index (χ3n) is 4.24. The molecule has 0 aliphatic heterocycles. The van der Waals surface area contributed by atoms with Crippen molar-refractivity contribution in [1.29, 1.82) is 0 Å². The van der Waals surface area contributed by atoms with Crippen molar-refractivity contribution in [3.63, 3.8) is 0 Å². The van der Waals surface area contributed by atoms with Crippen molar-refractivity contribution in [2.75, 3.05) is 13.2 Å². The molecule has 3 aromatic carbocycles. The second-order valence-electron chi connectivity index (χ2n) is 6.05. The van der Waals surface area contributed by atoms with Gasteiger partial charge in [-0.05, 0) is 24.3 Å². The van der Waals surface area contributed by atoms with Crippen LogP contribution in [0.25, 0.3) is 28.1 Å². The molecule has 1 N–H and O–H groups in total. The summed E-state index contributed by atoms with van der Waals surface area (Å²) in [6, 6.07) is 26.3. The zero-order chi connectivity index (χ0) is 17.8. The summed E-state index contributed by atoms with van der Waals surface area (Å²) in [5, 5.41) is 8.94. The molecule has 130 valence electrons. The number of rotatable bonds is 6. The molecular weight excluding hydrogens is 324 g/mol. The van der Waals surface area contributed by atoms with Gasteiger partial charge in [0.15, 0.2) is 0 Å². The Morgan fingerprint density at radius 2 is 1.62 bits per heavy atom. The summed E-state index contributed by atoms with van der Waals surface area (Å²) < 4.78 is 7.92. The molecule has 26 heavy (non-hydrogen) atoms. The minimum Gasteiger partial charge on any atom is -0.493 e. The van der Waals surface area contributed by atoms with Crippen LogP contribution in [-0.2, 0) is 0 Å². The van der Waals surface area contributed by atoms with Gasteiger partial charge in [0.05, 0.1) is 17.6 Å². The van der Waals surface area contributed by atoms with Gasteiger partial charge < -0.3 is 9.84 Å². The molecule has 0 aliphatic rings. The molecule has 0 aliphatic carbocycles. The molecule has 0 fully saturated rings. The van der Waals surface area contributed by atoms with Crippen LogP contribution in [0.1, 0.15) is 6.42 Å². The lowest BCUT2D eigenvalue weighted by Crippen LogP contribution is -2.00. The highest BCUT2D eigenvalue weighted by molar-refractivity contribution is 5.84. The van der Waals surface area contributed by atoms with Gasteiger partial charge in [-0.25, -0.2) is 4.98 Å². The predicted octanol–water partition coefficient (Wildman–Crippen LogP) is 4.45. The molecule has 0 spiro atoms. The van der Waals surface area contributed by atoms with E-state index in [-0.39, 0.29) is 6.61 Å². The number of para-hydroxylation sites is 1. The van der Waals surface area contributed by atoms with E-state index >= 15 is 0 Å². The van der Waals surface area contributed by atoms with Crippen LogP contribution in [0.4, 0.5) is 0 Å². The highest BCUT2D eigenvalue weighted by Crippen LogP contribution is 2.30. The molecule has 0 radical (unpaired) electrons. The fourth-order valence-electron chi connectivity index (χ4n) is 3.02. The van der Waals surface area contributed by atoms with Gasteiger partial charge in [0.1, 0.15) is 11.6 Å². The summed E-state index contributed by atoms with van der Waals surface area (Å²) in [6.45, 7) is 0.620. The van der Waals surface area contributed by atoms with E-state index in [1.54, 1.807) is 0 Å². The minimum absolute atomic E-state index is 0.127. The SMILES string of the molecule is OCCCOc1ccc2nc(-c3ccccc3)n(-c3ccccc3)c2c1. The van der Waals surface area contributed by atoms with E-state index in [1.165, 1.54) is 0 Å². The largest absolute Gasteiger partial charge is 0.493 e. The molecule has 0 atom stereocenters. The summed E-state index contributed by atoms with van der Waals surface area (Å²) in [7, 11) is 0. The van der Waals surface area contributed by atoms with Crippen LogP contribution in [0, 0.1) is 0 Å². The normalized spacial score (nSPS) is 11.0. The van der Waals surface area contributed by atoms with E-state index in [0.717, 1.165) is 33.9 Å². The summed E-state index contributed by atoms with van der Waals surface area (Å²) in [4.78, 5) is 4.86. The number of hydrogen-bond acceptors (Lipinski definition) is 3. The molecule has 4 nitrogen and oxygen atoms in total. The lowest BCUT2D eigenvalue weighted by Gasteiger charge is -2.10. The van der Waals surface area contributed by atoms with E-state index < -0.39 is 0 Å². The topological polar surface area (TPSA) is 47.3 Å². The number of aliphatic hydroxyl groups excluding tert-OH is 1. The Labute approximate surface area is 152 Å². The highest BCUT2D eigenvalue weighted by atomic mass is 16.5. The molecule has 1 heterocycles. The highest BCUT2D eigenvalue weighted by Gasteiger charge is 2.14. The number of fused-ring (bicyclic) bond motifs is 1. The number of ether oxygens (including phenoxy) is 1. The Morgan fingerprint density at radius 1 is 0.885 bits per heavy atom. The second kappa shape index (κ2) is 7.42. The molecule has 4 rings (SSSR count). The monoisotopic (exact) mass is 344 g/mol. The minimum atomic E-state index is 0.127. The molecule has 0 saturated heterocycles. The van der Waals surface area contributed by atoms with Crippen LogP contribution in [0.5, 0.6) is 5.75 Å². The maximum atomic E-state index is 8.94. The van der Waals surface area contributed by atoms with Crippen molar-refractivity contribution in [3.8, 4) is 22.8 Å². The predicted molar refractivity (Wildman–Crippen MR) is 104 cm³/mol. The number of benzene rings is 3. The Balaban J connectivity index is 1.88. The van der Waals surface area contributed by atoms with E-state index in [0.29, 0.717) is 13.0 Å². The standard InChI is InChI=1S/C22H20N2O2/c25-14-7-15-26-19-12-13-20-21(16-19)24(18-10-5-2-6-11-18)22(23-20)17-8-3-1-4-9-17/h1-6,8-13,16,25H,7,14-15H2. The van der Waals surface area contributed by atoms with Crippen LogP contribution >= 0.6 is 0 Å². The van der Waals surface area contributed by atoms with E-state index in [1.807, 2.05) is 54.6 Å². The summed E-state index contributed by atoms with van der Waals surface area (Å²) in [5.41, 5.74) is 4.04.